The predicted octanol–water partition coefficient (Wildman–Crippen LogP) is 3.71. The van der Waals surface area contributed by atoms with Crippen molar-refractivity contribution in [2.24, 2.45) is 0 Å². The zero-order chi connectivity index (χ0) is 21.7. The van der Waals surface area contributed by atoms with Crippen LogP contribution in [0.4, 0.5) is 0 Å². The highest BCUT2D eigenvalue weighted by molar-refractivity contribution is 5.94. The molecule has 0 aliphatic carbocycles. The molecule has 0 bridgehead atoms. The molecule has 1 fully saturated rings. The van der Waals surface area contributed by atoms with Gasteiger partial charge in [-0.15, -0.1) is 0 Å². The minimum absolute atomic E-state index is 0.0249. The average molecular weight is 410 g/mol. The van der Waals surface area contributed by atoms with Crippen LogP contribution in [0, 0.1) is 0 Å². The Morgan fingerprint density at radius 1 is 1.00 bits per heavy atom. The lowest BCUT2D eigenvalue weighted by molar-refractivity contribution is 0.0886. The Morgan fingerprint density at radius 3 is 2.13 bits per heavy atom. The first-order valence-corrected chi connectivity index (χ1v) is 10.7. The molecule has 0 spiro atoms. The van der Waals surface area contributed by atoms with E-state index in [1.807, 2.05) is 24.3 Å². The van der Waals surface area contributed by atoms with Gasteiger partial charge in [-0.25, -0.2) is 0 Å². The molecule has 30 heavy (non-hydrogen) atoms. The molecule has 1 N–H and O–H groups in total. The molecule has 1 aliphatic rings. The first kappa shape index (κ1) is 22.3. The normalized spacial score (nSPS) is 16.8. The molecule has 2 aromatic rings. The zero-order valence-electron chi connectivity index (χ0n) is 18.9. The molecule has 5 nitrogen and oxygen atoms in total. The molecule has 1 atom stereocenters. The van der Waals surface area contributed by atoms with E-state index < -0.39 is 0 Å². The molecule has 1 heterocycles. The number of amides is 1. The van der Waals surface area contributed by atoms with E-state index in [1.165, 1.54) is 11.1 Å². The minimum Gasteiger partial charge on any atom is -0.497 e. The highest BCUT2D eigenvalue weighted by atomic mass is 16.5. The lowest BCUT2D eigenvalue weighted by atomic mass is 9.87. The highest BCUT2D eigenvalue weighted by Crippen LogP contribution is 2.25. The van der Waals surface area contributed by atoms with Crippen molar-refractivity contribution in [1.29, 1.82) is 0 Å². The summed E-state index contributed by atoms with van der Waals surface area (Å²) in [5.74, 6) is 0.821. The van der Waals surface area contributed by atoms with E-state index in [0.29, 0.717) is 12.1 Å². The van der Waals surface area contributed by atoms with Gasteiger partial charge in [0, 0.05) is 38.3 Å². The first-order valence-electron chi connectivity index (χ1n) is 10.7. The van der Waals surface area contributed by atoms with Gasteiger partial charge in [0.15, 0.2) is 0 Å². The smallest absolute Gasteiger partial charge is 0.251 e. The van der Waals surface area contributed by atoms with Crippen molar-refractivity contribution in [2.45, 2.75) is 32.2 Å². The number of ether oxygens (including phenoxy) is 1. The standard InChI is InChI=1S/C25H35N3O2/c1-25(2,3)21-10-6-20(7-11-21)24(29)26-18-23(28-16-14-27(4)15-17-28)19-8-12-22(30-5)13-9-19/h6-13,23H,14-18H2,1-5H3,(H,26,29). The third-order valence-corrected chi connectivity index (χ3v) is 5.95. The van der Waals surface area contributed by atoms with Gasteiger partial charge in [0.05, 0.1) is 13.2 Å². The van der Waals surface area contributed by atoms with Crippen molar-refractivity contribution < 1.29 is 9.53 Å². The fraction of sp³-hybridized carbons (Fsp3) is 0.480. The van der Waals surface area contributed by atoms with E-state index in [0.717, 1.165) is 31.9 Å². The summed E-state index contributed by atoms with van der Waals surface area (Å²) in [6, 6.07) is 16.3. The topological polar surface area (TPSA) is 44.8 Å². The second kappa shape index (κ2) is 9.63. The quantitative estimate of drug-likeness (QED) is 0.790. The van der Waals surface area contributed by atoms with Gasteiger partial charge >= 0.3 is 0 Å². The molecule has 0 aromatic heterocycles. The van der Waals surface area contributed by atoms with Crippen LogP contribution >= 0.6 is 0 Å². The predicted molar refractivity (Wildman–Crippen MR) is 122 cm³/mol. The number of nitrogens with one attached hydrogen (secondary N) is 1. The van der Waals surface area contributed by atoms with Crippen molar-refractivity contribution in [3.63, 3.8) is 0 Å². The van der Waals surface area contributed by atoms with Crippen LogP contribution in [-0.4, -0.2) is 62.6 Å². The largest absolute Gasteiger partial charge is 0.497 e. The van der Waals surface area contributed by atoms with Gasteiger partial charge in [-0.2, -0.15) is 0 Å². The lowest BCUT2D eigenvalue weighted by Gasteiger charge is -2.38. The third-order valence-electron chi connectivity index (χ3n) is 5.95. The Labute approximate surface area is 181 Å². The number of likely N-dealkylation sites (N-methyl/N-ethyl adjacent to an activating group) is 1. The van der Waals surface area contributed by atoms with E-state index in [-0.39, 0.29) is 17.4 Å². The molecule has 3 rings (SSSR count). The molecule has 1 amide bonds. The number of piperazine rings is 1. The lowest BCUT2D eigenvalue weighted by Crippen LogP contribution is -2.48. The molecule has 162 valence electrons. The van der Waals surface area contributed by atoms with Gasteiger partial charge in [-0.1, -0.05) is 45.0 Å². The molecule has 0 saturated carbocycles. The Morgan fingerprint density at radius 2 is 1.60 bits per heavy atom. The van der Waals surface area contributed by atoms with E-state index >= 15 is 0 Å². The number of hydrogen-bond acceptors (Lipinski definition) is 4. The molecule has 1 aliphatic heterocycles. The Hall–Kier alpha value is -2.37. The van der Waals surface area contributed by atoms with E-state index in [4.69, 9.17) is 4.74 Å². The van der Waals surface area contributed by atoms with Crippen LogP contribution in [0.5, 0.6) is 5.75 Å². The molecular weight excluding hydrogens is 374 g/mol. The number of carbonyl (C=O) groups is 1. The highest BCUT2D eigenvalue weighted by Gasteiger charge is 2.25. The van der Waals surface area contributed by atoms with Crippen LogP contribution in [0.15, 0.2) is 48.5 Å². The van der Waals surface area contributed by atoms with Crippen molar-refractivity contribution in [3.8, 4) is 5.75 Å². The summed E-state index contributed by atoms with van der Waals surface area (Å²) in [4.78, 5) is 17.6. The van der Waals surface area contributed by atoms with Crippen LogP contribution < -0.4 is 10.1 Å². The summed E-state index contributed by atoms with van der Waals surface area (Å²) in [6.45, 7) is 11.2. The second-order valence-corrected chi connectivity index (χ2v) is 9.17. The van der Waals surface area contributed by atoms with E-state index in [9.17, 15) is 4.79 Å². The van der Waals surface area contributed by atoms with Crippen LogP contribution in [0.3, 0.4) is 0 Å². The molecule has 1 unspecified atom stereocenters. The van der Waals surface area contributed by atoms with Gasteiger partial charge in [0.25, 0.3) is 5.91 Å². The molecule has 5 heteroatoms. The summed E-state index contributed by atoms with van der Waals surface area (Å²) in [6.07, 6.45) is 0. The number of carbonyl (C=O) groups excluding carboxylic acids is 1. The van der Waals surface area contributed by atoms with Crippen LogP contribution in [0.25, 0.3) is 0 Å². The Kier molecular flexibility index (Phi) is 7.16. The van der Waals surface area contributed by atoms with Crippen molar-refractivity contribution >= 4 is 5.91 Å². The maximum absolute atomic E-state index is 12.8. The summed E-state index contributed by atoms with van der Waals surface area (Å²) in [7, 11) is 3.83. The number of benzene rings is 2. The van der Waals surface area contributed by atoms with Gasteiger partial charge < -0.3 is 15.0 Å². The molecule has 0 radical (unpaired) electrons. The van der Waals surface area contributed by atoms with Crippen LogP contribution in [0.2, 0.25) is 0 Å². The van der Waals surface area contributed by atoms with Gasteiger partial charge in [0.2, 0.25) is 0 Å². The average Bonchev–Trinajstić information content (AvgIpc) is 2.75. The van der Waals surface area contributed by atoms with E-state index in [1.54, 1.807) is 7.11 Å². The van der Waals surface area contributed by atoms with Crippen molar-refractivity contribution in [3.05, 3.63) is 65.2 Å². The van der Waals surface area contributed by atoms with Crippen LogP contribution in [-0.2, 0) is 5.41 Å². The number of rotatable bonds is 6. The number of nitrogens with zero attached hydrogens (tertiary/aromatic N) is 2. The van der Waals surface area contributed by atoms with E-state index in [2.05, 4.69) is 67.2 Å². The summed E-state index contributed by atoms with van der Waals surface area (Å²) in [5, 5.41) is 3.17. The first-order chi connectivity index (χ1) is 14.3. The maximum atomic E-state index is 12.8. The fourth-order valence-corrected chi connectivity index (χ4v) is 3.83. The van der Waals surface area contributed by atoms with Gasteiger partial charge in [0.1, 0.15) is 5.75 Å². The molecule has 2 aromatic carbocycles. The third kappa shape index (κ3) is 5.61. The van der Waals surface area contributed by atoms with Gasteiger partial charge in [-0.3, -0.25) is 9.69 Å². The maximum Gasteiger partial charge on any atom is 0.251 e. The van der Waals surface area contributed by atoms with Crippen LogP contribution in [0.1, 0.15) is 48.3 Å². The second-order valence-electron chi connectivity index (χ2n) is 9.17. The fourth-order valence-electron chi connectivity index (χ4n) is 3.83. The summed E-state index contributed by atoms with van der Waals surface area (Å²) >= 11 is 0. The van der Waals surface area contributed by atoms with Crippen molar-refractivity contribution in [1.82, 2.24) is 15.1 Å². The zero-order valence-corrected chi connectivity index (χ0v) is 18.9. The Balaban J connectivity index is 1.71. The van der Waals surface area contributed by atoms with Crippen molar-refractivity contribution in [2.75, 3.05) is 46.9 Å². The Bertz CT molecular complexity index is 817. The number of methoxy groups -OCH3 is 1. The summed E-state index contributed by atoms with van der Waals surface area (Å²) in [5.41, 5.74) is 3.21. The number of hydrogen-bond donors (Lipinski definition) is 1. The van der Waals surface area contributed by atoms with Gasteiger partial charge in [-0.05, 0) is 47.9 Å². The monoisotopic (exact) mass is 409 g/mol. The summed E-state index contributed by atoms with van der Waals surface area (Å²) < 4.78 is 5.31. The molecule has 1 saturated heterocycles. The molecular formula is C25H35N3O2. The SMILES string of the molecule is COc1ccc(C(CNC(=O)c2ccc(C(C)(C)C)cc2)N2CCN(C)CC2)cc1. The minimum atomic E-state index is -0.0249.